The number of nitrogens with zero attached hydrogens (tertiary/aromatic N) is 3. The van der Waals surface area contributed by atoms with E-state index in [1.54, 1.807) is 17.2 Å². The second-order valence-corrected chi connectivity index (χ2v) is 9.70. The van der Waals surface area contributed by atoms with Crippen LogP contribution in [0.3, 0.4) is 0 Å². The Kier molecular flexibility index (Phi) is 6.95. The topological polar surface area (TPSA) is 66.7 Å². The van der Waals surface area contributed by atoms with Gasteiger partial charge in [-0.2, -0.15) is 0 Å². The molecule has 1 fully saturated rings. The maximum Gasteiger partial charge on any atom is 0.267 e. The number of rotatable bonds is 7. The summed E-state index contributed by atoms with van der Waals surface area (Å²) in [6.07, 6.45) is 5.18. The number of carbonyl (C=O) groups excluding carboxylic acids is 1. The van der Waals surface area contributed by atoms with Gasteiger partial charge in [0.25, 0.3) is 11.5 Å². The molecule has 1 N–H and O–H groups in total. The highest BCUT2D eigenvalue weighted by Gasteiger charge is 2.32. The molecule has 1 saturated heterocycles. The lowest BCUT2D eigenvalue weighted by Crippen LogP contribution is -2.29. The average molecular weight is 479 g/mol. The van der Waals surface area contributed by atoms with Crippen LogP contribution in [0.25, 0.3) is 11.7 Å². The molecule has 1 unspecified atom stereocenters. The highest BCUT2D eigenvalue weighted by atomic mass is 32.2. The van der Waals surface area contributed by atoms with Gasteiger partial charge in [-0.3, -0.25) is 18.9 Å². The molecule has 170 valence electrons. The lowest BCUT2D eigenvalue weighted by Gasteiger charge is -2.18. The minimum absolute atomic E-state index is 0.0872. The number of benzene rings is 1. The molecule has 0 radical (unpaired) electrons. The van der Waals surface area contributed by atoms with Crippen LogP contribution in [-0.4, -0.2) is 31.1 Å². The number of hydrogen-bond acceptors (Lipinski definition) is 6. The largest absolute Gasteiger partial charge is 0.363 e. The van der Waals surface area contributed by atoms with E-state index < -0.39 is 0 Å². The van der Waals surface area contributed by atoms with Crippen molar-refractivity contribution in [3.63, 3.8) is 0 Å². The number of fused-ring (bicyclic) bond motifs is 1. The SMILES string of the molecule is CCCCN1C(=O)C(=Cc2c(NC(C)c3ccccc3)nc3c(C)cccn3c2=O)SC1=S. The summed E-state index contributed by atoms with van der Waals surface area (Å²) in [7, 11) is 0. The summed E-state index contributed by atoms with van der Waals surface area (Å²) in [5, 5.41) is 3.40. The van der Waals surface area contributed by atoms with Crippen LogP contribution in [0.4, 0.5) is 5.82 Å². The predicted molar refractivity (Wildman–Crippen MR) is 139 cm³/mol. The van der Waals surface area contributed by atoms with E-state index in [9.17, 15) is 9.59 Å². The number of pyridine rings is 1. The van der Waals surface area contributed by atoms with E-state index in [0.717, 1.165) is 24.0 Å². The van der Waals surface area contributed by atoms with Crippen LogP contribution in [0.2, 0.25) is 0 Å². The number of hydrogen-bond donors (Lipinski definition) is 1. The number of amides is 1. The Bertz CT molecular complexity index is 1300. The molecule has 4 rings (SSSR count). The number of thioether (sulfide) groups is 1. The fourth-order valence-corrected chi connectivity index (χ4v) is 5.01. The van der Waals surface area contributed by atoms with Crippen LogP contribution >= 0.6 is 24.0 Å². The van der Waals surface area contributed by atoms with E-state index in [1.165, 1.54) is 16.2 Å². The third-order valence-corrected chi connectivity index (χ3v) is 7.00. The van der Waals surface area contributed by atoms with Crippen LogP contribution in [0.15, 0.2) is 58.4 Å². The van der Waals surface area contributed by atoms with Gasteiger partial charge in [0.05, 0.1) is 10.5 Å². The molecule has 3 heterocycles. The van der Waals surface area contributed by atoms with Gasteiger partial charge < -0.3 is 5.32 Å². The van der Waals surface area contributed by atoms with E-state index in [0.29, 0.717) is 32.8 Å². The molecule has 3 aromatic rings. The van der Waals surface area contributed by atoms with E-state index in [-0.39, 0.29) is 17.5 Å². The van der Waals surface area contributed by atoms with Crippen molar-refractivity contribution < 1.29 is 4.79 Å². The number of unbranched alkanes of at least 4 members (excludes halogenated alkanes) is 1. The standard InChI is InChI=1S/C25H26N4O2S2/c1-4-5-13-29-24(31)20(33-25(29)32)15-19-21(26-17(3)18-11-7-6-8-12-18)27-22-16(2)10-9-14-28(22)23(19)30/h6-12,14-15,17,26H,4-5,13H2,1-3H3. The number of thiocarbonyl (C=S) groups is 1. The van der Waals surface area contributed by atoms with Crippen molar-refractivity contribution in [2.75, 3.05) is 11.9 Å². The maximum atomic E-state index is 13.5. The third kappa shape index (κ3) is 4.72. The van der Waals surface area contributed by atoms with Crippen LogP contribution in [0, 0.1) is 6.92 Å². The van der Waals surface area contributed by atoms with Crippen molar-refractivity contribution in [2.45, 2.75) is 39.7 Å². The smallest absolute Gasteiger partial charge is 0.267 e. The number of carbonyl (C=O) groups is 1. The summed E-state index contributed by atoms with van der Waals surface area (Å²) in [6, 6.07) is 13.6. The van der Waals surface area contributed by atoms with E-state index in [1.807, 2.05) is 56.3 Å². The van der Waals surface area contributed by atoms with Crippen LogP contribution in [0.5, 0.6) is 0 Å². The van der Waals surface area contributed by atoms with E-state index >= 15 is 0 Å². The minimum Gasteiger partial charge on any atom is -0.363 e. The zero-order chi connectivity index (χ0) is 23.5. The van der Waals surface area contributed by atoms with Crippen molar-refractivity contribution in [1.82, 2.24) is 14.3 Å². The molecular weight excluding hydrogens is 452 g/mol. The summed E-state index contributed by atoms with van der Waals surface area (Å²) in [5.74, 6) is 0.290. The Morgan fingerprint density at radius 1 is 1.18 bits per heavy atom. The molecule has 1 atom stereocenters. The maximum absolute atomic E-state index is 13.5. The van der Waals surface area contributed by atoms with Gasteiger partial charge >= 0.3 is 0 Å². The van der Waals surface area contributed by atoms with E-state index in [4.69, 9.17) is 17.2 Å². The molecule has 8 heteroatoms. The Balaban J connectivity index is 1.81. The van der Waals surface area contributed by atoms with Gasteiger partial charge in [0, 0.05) is 18.8 Å². The van der Waals surface area contributed by atoms with Gasteiger partial charge in [-0.05, 0) is 43.5 Å². The Labute approximate surface area is 202 Å². The van der Waals surface area contributed by atoms with Crippen molar-refractivity contribution in [3.05, 3.63) is 80.6 Å². The summed E-state index contributed by atoms with van der Waals surface area (Å²) in [5.41, 5.74) is 2.66. The molecule has 0 aliphatic carbocycles. The first kappa shape index (κ1) is 23.2. The summed E-state index contributed by atoms with van der Waals surface area (Å²) >= 11 is 6.66. The number of aromatic nitrogens is 2. The predicted octanol–water partition coefficient (Wildman–Crippen LogP) is 5.18. The summed E-state index contributed by atoms with van der Waals surface area (Å²) in [4.78, 5) is 33.4. The van der Waals surface area contributed by atoms with E-state index in [2.05, 4.69) is 12.2 Å². The fourth-order valence-electron chi connectivity index (χ4n) is 3.72. The van der Waals surface area contributed by atoms with Crippen molar-refractivity contribution in [3.8, 4) is 0 Å². The molecule has 0 spiro atoms. The third-order valence-electron chi connectivity index (χ3n) is 5.62. The second-order valence-electron chi connectivity index (χ2n) is 8.03. The zero-order valence-electron chi connectivity index (χ0n) is 18.9. The van der Waals surface area contributed by atoms with Gasteiger partial charge in [0.1, 0.15) is 15.8 Å². The Morgan fingerprint density at radius 3 is 2.67 bits per heavy atom. The fraction of sp³-hybridized carbons (Fsp3) is 0.280. The van der Waals surface area contributed by atoms with Gasteiger partial charge in [0.15, 0.2) is 0 Å². The quantitative estimate of drug-likeness (QED) is 0.373. The molecule has 0 saturated carbocycles. The summed E-state index contributed by atoms with van der Waals surface area (Å²) < 4.78 is 2.05. The molecule has 2 aromatic heterocycles. The van der Waals surface area contributed by atoms with Crippen LogP contribution in [0.1, 0.15) is 49.4 Å². The highest BCUT2D eigenvalue weighted by Crippen LogP contribution is 2.33. The van der Waals surface area contributed by atoms with Crippen LogP contribution < -0.4 is 10.9 Å². The van der Waals surface area contributed by atoms with Gasteiger partial charge in [-0.15, -0.1) is 0 Å². The monoisotopic (exact) mass is 478 g/mol. The van der Waals surface area contributed by atoms with Gasteiger partial charge in [-0.25, -0.2) is 4.98 Å². The van der Waals surface area contributed by atoms with Gasteiger partial charge in [0.2, 0.25) is 0 Å². The normalized spacial score (nSPS) is 16.1. The number of nitrogens with one attached hydrogen (secondary N) is 1. The van der Waals surface area contributed by atoms with Crippen molar-refractivity contribution >= 4 is 51.7 Å². The summed E-state index contributed by atoms with van der Waals surface area (Å²) in [6.45, 7) is 6.60. The Morgan fingerprint density at radius 2 is 1.94 bits per heavy atom. The first-order valence-corrected chi connectivity index (χ1v) is 12.2. The molecule has 33 heavy (non-hydrogen) atoms. The first-order chi connectivity index (χ1) is 15.9. The molecule has 1 aromatic carbocycles. The zero-order valence-corrected chi connectivity index (χ0v) is 20.5. The molecular formula is C25H26N4O2S2. The molecule has 1 aliphatic rings. The molecule has 6 nitrogen and oxygen atoms in total. The highest BCUT2D eigenvalue weighted by molar-refractivity contribution is 8.26. The second kappa shape index (κ2) is 9.89. The molecule has 1 amide bonds. The van der Waals surface area contributed by atoms with Crippen molar-refractivity contribution in [2.24, 2.45) is 0 Å². The minimum atomic E-state index is -0.231. The number of aryl methyl sites for hydroxylation is 1. The lowest BCUT2D eigenvalue weighted by atomic mass is 10.1. The van der Waals surface area contributed by atoms with Crippen LogP contribution in [-0.2, 0) is 4.79 Å². The Hall–Kier alpha value is -2.97. The van der Waals surface area contributed by atoms with Crippen molar-refractivity contribution in [1.29, 1.82) is 0 Å². The number of anilines is 1. The molecule has 1 aliphatic heterocycles. The first-order valence-electron chi connectivity index (χ1n) is 11.0. The lowest BCUT2D eigenvalue weighted by molar-refractivity contribution is -0.122. The van der Waals surface area contributed by atoms with Gasteiger partial charge in [-0.1, -0.05) is 73.7 Å². The molecule has 0 bridgehead atoms. The average Bonchev–Trinajstić information content (AvgIpc) is 3.08.